The Kier molecular flexibility index (Phi) is 5.76. The number of piperazine rings is 1. The number of hydrogen-bond acceptors (Lipinski definition) is 4. The van der Waals surface area contributed by atoms with Crippen molar-refractivity contribution in [2.75, 3.05) is 39.3 Å². The maximum atomic E-state index is 12.6. The van der Waals surface area contributed by atoms with E-state index in [1.807, 2.05) is 26.8 Å². The second-order valence-corrected chi connectivity index (χ2v) is 5.66. The summed E-state index contributed by atoms with van der Waals surface area (Å²) in [4.78, 5) is 14.9. The molecule has 0 amide bonds. The van der Waals surface area contributed by atoms with E-state index >= 15 is 0 Å². The highest BCUT2D eigenvalue weighted by atomic mass is 16.5. The summed E-state index contributed by atoms with van der Waals surface area (Å²) in [5, 5.41) is 3.33. The van der Waals surface area contributed by atoms with Gasteiger partial charge in [0.25, 0.3) is 0 Å². The Bertz CT molecular complexity index is 494. The van der Waals surface area contributed by atoms with Crippen LogP contribution >= 0.6 is 0 Å². The van der Waals surface area contributed by atoms with Crippen LogP contribution in [0.15, 0.2) is 12.1 Å². The van der Waals surface area contributed by atoms with Crippen molar-refractivity contribution < 1.29 is 9.53 Å². The lowest BCUT2D eigenvalue weighted by molar-refractivity contribution is 0.0956. The number of aryl methyl sites for hydroxylation is 2. The molecule has 0 atom stereocenters. The second kappa shape index (κ2) is 7.57. The van der Waals surface area contributed by atoms with E-state index in [0.717, 1.165) is 55.2 Å². The zero-order valence-corrected chi connectivity index (χ0v) is 13.4. The van der Waals surface area contributed by atoms with E-state index in [-0.39, 0.29) is 5.78 Å². The van der Waals surface area contributed by atoms with Gasteiger partial charge in [-0.3, -0.25) is 4.79 Å². The van der Waals surface area contributed by atoms with Crippen LogP contribution in [0, 0.1) is 13.8 Å². The van der Waals surface area contributed by atoms with Gasteiger partial charge in [-0.1, -0.05) is 6.07 Å². The molecule has 0 radical (unpaired) electrons. The Balaban J connectivity index is 2.06. The molecule has 1 aliphatic rings. The molecule has 4 heteroatoms. The molecule has 21 heavy (non-hydrogen) atoms. The molecule has 0 bridgehead atoms. The molecule has 1 fully saturated rings. The van der Waals surface area contributed by atoms with Gasteiger partial charge >= 0.3 is 0 Å². The first-order valence-electron chi connectivity index (χ1n) is 7.82. The van der Waals surface area contributed by atoms with E-state index in [0.29, 0.717) is 13.0 Å². The van der Waals surface area contributed by atoms with Gasteiger partial charge in [-0.2, -0.15) is 0 Å². The van der Waals surface area contributed by atoms with Gasteiger partial charge in [0, 0.05) is 39.1 Å². The van der Waals surface area contributed by atoms with E-state index in [4.69, 9.17) is 4.74 Å². The zero-order chi connectivity index (χ0) is 15.2. The van der Waals surface area contributed by atoms with E-state index in [1.165, 1.54) is 0 Å². The zero-order valence-electron chi connectivity index (χ0n) is 13.4. The van der Waals surface area contributed by atoms with E-state index in [2.05, 4.69) is 16.3 Å². The standard InChI is InChI=1S/C17H26N2O2/c1-4-21-17-14(3)11-13(2)12-15(17)16(20)5-8-19-9-6-18-7-10-19/h11-12,18H,4-10H2,1-3H3. The van der Waals surface area contributed by atoms with Crippen LogP contribution in [0.2, 0.25) is 0 Å². The fourth-order valence-corrected chi connectivity index (χ4v) is 2.83. The maximum absolute atomic E-state index is 12.6. The summed E-state index contributed by atoms with van der Waals surface area (Å²) in [6, 6.07) is 4.02. The summed E-state index contributed by atoms with van der Waals surface area (Å²) in [5.41, 5.74) is 2.90. The normalized spacial score (nSPS) is 16.0. The molecule has 1 aromatic carbocycles. The highest BCUT2D eigenvalue weighted by molar-refractivity contribution is 5.99. The van der Waals surface area contributed by atoms with Gasteiger partial charge in [0.1, 0.15) is 5.75 Å². The smallest absolute Gasteiger partial charge is 0.167 e. The van der Waals surface area contributed by atoms with Crippen LogP contribution in [-0.2, 0) is 0 Å². The Morgan fingerprint density at radius 1 is 1.29 bits per heavy atom. The van der Waals surface area contributed by atoms with Gasteiger partial charge < -0.3 is 15.0 Å². The summed E-state index contributed by atoms with van der Waals surface area (Å²) < 4.78 is 5.69. The summed E-state index contributed by atoms with van der Waals surface area (Å²) in [7, 11) is 0. The highest BCUT2D eigenvalue weighted by Gasteiger charge is 2.17. The fourth-order valence-electron chi connectivity index (χ4n) is 2.83. The quantitative estimate of drug-likeness (QED) is 0.815. The lowest BCUT2D eigenvalue weighted by Gasteiger charge is -2.26. The first-order valence-corrected chi connectivity index (χ1v) is 7.82. The van der Waals surface area contributed by atoms with Crippen molar-refractivity contribution in [2.24, 2.45) is 0 Å². The Hall–Kier alpha value is -1.39. The fraction of sp³-hybridized carbons (Fsp3) is 0.588. The molecule has 0 unspecified atom stereocenters. The average Bonchev–Trinajstić information content (AvgIpc) is 2.48. The molecule has 1 aliphatic heterocycles. The summed E-state index contributed by atoms with van der Waals surface area (Å²) in [6.07, 6.45) is 0.558. The van der Waals surface area contributed by atoms with Gasteiger partial charge in [-0.15, -0.1) is 0 Å². The summed E-state index contributed by atoms with van der Waals surface area (Å²) in [5.74, 6) is 0.942. The van der Waals surface area contributed by atoms with Gasteiger partial charge in [0.2, 0.25) is 0 Å². The maximum Gasteiger partial charge on any atom is 0.167 e. The molecule has 1 saturated heterocycles. The number of nitrogens with one attached hydrogen (secondary N) is 1. The topological polar surface area (TPSA) is 41.6 Å². The third kappa shape index (κ3) is 4.29. The lowest BCUT2D eigenvalue weighted by Crippen LogP contribution is -2.44. The van der Waals surface area contributed by atoms with Gasteiger partial charge in [-0.05, 0) is 38.0 Å². The number of carbonyl (C=O) groups is 1. The van der Waals surface area contributed by atoms with Crippen LogP contribution in [0.4, 0.5) is 0 Å². The molecule has 0 aromatic heterocycles. The van der Waals surface area contributed by atoms with E-state index in [9.17, 15) is 4.79 Å². The molecule has 116 valence electrons. The molecule has 0 spiro atoms. The number of hydrogen-bond donors (Lipinski definition) is 1. The third-order valence-corrected chi connectivity index (χ3v) is 3.87. The lowest BCUT2D eigenvalue weighted by atomic mass is 10.0. The van der Waals surface area contributed by atoms with Crippen LogP contribution in [0.3, 0.4) is 0 Å². The molecule has 0 saturated carbocycles. The van der Waals surface area contributed by atoms with Gasteiger partial charge in [0.15, 0.2) is 5.78 Å². The molecule has 1 aromatic rings. The van der Waals surface area contributed by atoms with Crippen LogP contribution < -0.4 is 10.1 Å². The van der Waals surface area contributed by atoms with Crippen LogP contribution in [0.1, 0.15) is 34.8 Å². The molecule has 4 nitrogen and oxygen atoms in total. The number of ketones is 1. The highest BCUT2D eigenvalue weighted by Crippen LogP contribution is 2.26. The summed E-state index contributed by atoms with van der Waals surface area (Å²) in [6.45, 7) is 11.5. The molecular formula is C17H26N2O2. The Morgan fingerprint density at radius 3 is 2.67 bits per heavy atom. The predicted molar refractivity (Wildman–Crippen MR) is 85.3 cm³/mol. The number of carbonyl (C=O) groups excluding carboxylic acids is 1. The Morgan fingerprint density at radius 2 is 2.00 bits per heavy atom. The van der Waals surface area contributed by atoms with E-state index < -0.39 is 0 Å². The number of ether oxygens (including phenoxy) is 1. The van der Waals surface area contributed by atoms with Crippen molar-refractivity contribution in [3.8, 4) is 5.75 Å². The number of benzene rings is 1. The van der Waals surface area contributed by atoms with Crippen LogP contribution in [0.5, 0.6) is 5.75 Å². The molecule has 1 heterocycles. The van der Waals surface area contributed by atoms with Crippen molar-refractivity contribution in [3.63, 3.8) is 0 Å². The Labute approximate surface area is 127 Å². The van der Waals surface area contributed by atoms with Crippen molar-refractivity contribution in [1.82, 2.24) is 10.2 Å². The number of Topliss-reactive ketones (excluding diaryl/α,β-unsaturated/α-hetero) is 1. The average molecular weight is 290 g/mol. The number of nitrogens with zero attached hydrogens (tertiary/aromatic N) is 1. The third-order valence-electron chi connectivity index (χ3n) is 3.87. The monoisotopic (exact) mass is 290 g/mol. The molecule has 2 rings (SSSR count). The predicted octanol–water partition coefficient (Wildman–Crippen LogP) is 2.18. The van der Waals surface area contributed by atoms with Crippen LogP contribution in [-0.4, -0.2) is 50.0 Å². The minimum atomic E-state index is 0.184. The molecular weight excluding hydrogens is 264 g/mol. The van der Waals surface area contributed by atoms with Crippen molar-refractivity contribution >= 4 is 5.78 Å². The first kappa shape index (κ1) is 16.0. The summed E-state index contributed by atoms with van der Waals surface area (Å²) >= 11 is 0. The van der Waals surface area contributed by atoms with Gasteiger partial charge in [-0.25, -0.2) is 0 Å². The second-order valence-electron chi connectivity index (χ2n) is 5.66. The van der Waals surface area contributed by atoms with Gasteiger partial charge in [0.05, 0.1) is 12.2 Å². The molecule has 1 N–H and O–H groups in total. The largest absolute Gasteiger partial charge is 0.493 e. The minimum absolute atomic E-state index is 0.184. The molecule has 0 aliphatic carbocycles. The first-order chi connectivity index (χ1) is 10.1. The minimum Gasteiger partial charge on any atom is -0.493 e. The van der Waals surface area contributed by atoms with Crippen molar-refractivity contribution in [3.05, 3.63) is 28.8 Å². The SMILES string of the molecule is CCOc1c(C)cc(C)cc1C(=O)CCN1CCNCC1. The van der Waals surface area contributed by atoms with E-state index in [1.54, 1.807) is 0 Å². The van der Waals surface area contributed by atoms with Crippen LogP contribution in [0.25, 0.3) is 0 Å². The van der Waals surface area contributed by atoms with Crippen molar-refractivity contribution in [2.45, 2.75) is 27.2 Å². The number of rotatable bonds is 6. The van der Waals surface area contributed by atoms with Crippen molar-refractivity contribution in [1.29, 1.82) is 0 Å².